The molecular formula is C18H14F4N2O4. The number of halogens is 4. The fraction of sp³-hybridized carbons (Fsp3) is 0.167. The van der Waals surface area contributed by atoms with Gasteiger partial charge in [-0.25, -0.2) is 17.6 Å². The van der Waals surface area contributed by atoms with Crippen molar-refractivity contribution in [2.75, 3.05) is 18.5 Å². The molecular weight excluding hydrogens is 384 g/mol. The number of hydrogen-bond donors (Lipinski definition) is 2. The predicted octanol–water partition coefficient (Wildman–Crippen LogP) is 2.54. The van der Waals surface area contributed by atoms with Crippen LogP contribution in [0, 0.1) is 23.3 Å². The molecule has 2 aromatic rings. The number of esters is 1. The third-order valence-corrected chi connectivity index (χ3v) is 3.36. The number of carbonyl (C=O) groups excluding carboxylic acids is 3. The van der Waals surface area contributed by atoms with Crippen LogP contribution in [0.15, 0.2) is 36.4 Å². The van der Waals surface area contributed by atoms with Crippen molar-refractivity contribution >= 4 is 23.5 Å². The molecule has 0 aliphatic heterocycles. The Labute approximate surface area is 156 Å². The molecule has 0 fully saturated rings. The second-order valence-corrected chi connectivity index (χ2v) is 5.46. The molecule has 0 spiro atoms. The first-order valence-corrected chi connectivity index (χ1v) is 7.90. The average Bonchev–Trinajstić information content (AvgIpc) is 2.63. The Morgan fingerprint density at radius 2 is 1.57 bits per heavy atom. The van der Waals surface area contributed by atoms with E-state index in [1.807, 2.05) is 5.32 Å². The van der Waals surface area contributed by atoms with Crippen LogP contribution in [-0.2, 0) is 14.3 Å². The Hall–Kier alpha value is -3.43. The monoisotopic (exact) mass is 398 g/mol. The average molecular weight is 398 g/mol. The molecule has 0 saturated heterocycles. The first-order chi connectivity index (χ1) is 13.3. The molecule has 28 heavy (non-hydrogen) atoms. The van der Waals surface area contributed by atoms with E-state index in [4.69, 9.17) is 0 Å². The van der Waals surface area contributed by atoms with Crippen LogP contribution < -0.4 is 10.6 Å². The zero-order valence-electron chi connectivity index (χ0n) is 14.2. The van der Waals surface area contributed by atoms with Gasteiger partial charge >= 0.3 is 5.97 Å². The second-order valence-electron chi connectivity index (χ2n) is 5.46. The van der Waals surface area contributed by atoms with E-state index in [2.05, 4.69) is 10.1 Å². The maximum Gasteiger partial charge on any atom is 0.308 e. The van der Waals surface area contributed by atoms with Gasteiger partial charge in [0.1, 0.15) is 23.3 Å². The van der Waals surface area contributed by atoms with Crippen LogP contribution in [0.1, 0.15) is 16.8 Å². The first-order valence-electron chi connectivity index (χ1n) is 7.90. The van der Waals surface area contributed by atoms with Gasteiger partial charge in [0.05, 0.1) is 17.7 Å². The SMILES string of the molecule is O=C(COC(=O)CCNC(=O)c1ccc(F)cc1F)Nc1cc(F)ccc1F. The van der Waals surface area contributed by atoms with Gasteiger partial charge in [-0.1, -0.05) is 0 Å². The summed E-state index contributed by atoms with van der Waals surface area (Å²) in [5.74, 6) is -6.14. The van der Waals surface area contributed by atoms with Gasteiger partial charge in [-0.3, -0.25) is 14.4 Å². The van der Waals surface area contributed by atoms with Crippen molar-refractivity contribution in [1.82, 2.24) is 5.32 Å². The quantitative estimate of drug-likeness (QED) is 0.555. The molecule has 10 heteroatoms. The molecule has 0 aliphatic rings. The summed E-state index contributed by atoms with van der Waals surface area (Å²) < 4.78 is 57.3. The van der Waals surface area contributed by atoms with Crippen molar-refractivity contribution in [2.24, 2.45) is 0 Å². The third-order valence-electron chi connectivity index (χ3n) is 3.36. The highest BCUT2D eigenvalue weighted by Gasteiger charge is 2.14. The summed E-state index contributed by atoms with van der Waals surface area (Å²) in [4.78, 5) is 34.9. The van der Waals surface area contributed by atoms with Gasteiger partial charge in [-0.15, -0.1) is 0 Å². The lowest BCUT2D eigenvalue weighted by molar-refractivity contribution is -0.147. The standard InChI is InChI=1S/C18H14F4N2O4/c19-10-1-3-12(14(22)7-10)18(27)23-6-5-17(26)28-9-16(25)24-15-8-11(20)2-4-13(15)21/h1-4,7-8H,5-6,9H2,(H,23,27)(H,24,25). The Bertz CT molecular complexity index is 905. The van der Waals surface area contributed by atoms with E-state index in [0.29, 0.717) is 6.07 Å². The summed E-state index contributed by atoms with van der Waals surface area (Å²) in [5, 5.41) is 4.28. The number of amides is 2. The smallest absolute Gasteiger partial charge is 0.308 e. The summed E-state index contributed by atoms with van der Waals surface area (Å²) in [6, 6.07) is 4.86. The molecule has 0 aliphatic carbocycles. The van der Waals surface area contributed by atoms with Crippen molar-refractivity contribution in [1.29, 1.82) is 0 Å². The van der Waals surface area contributed by atoms with Crippen molar-refractivity contribution in [3.05, 3.63) is 65.2 Å². The molecule has 2 rings (SSSR count). The number of nitrogens with one attached hydrogen (secondary N) is 2. The molecule has 0 radical (unpaired) electrons. The summed E-state index contributed by atoms with van der Waals surface area (Å²) in [6.07, 6.45) is -0.337. The summed E-state index contributed by atoms with van der Waals surface area (Å²) in [6.45, 7) is -0.982. The van der Waals surface area contributed by atoms with E-state index in [1.54, 1.807) is 0 Å². The highest BCUT2D eigenvalue weighted by molar-refractivity contribution is 5.95. The van der Waals surface area contributed by atoms with Crippen molar-refractivity contribution in [2.45, 2.75) is 6.42 Å². The largest absolute Gasteiger partial charge is 0.456 e. The van der Waals surface area contributed by atoms with Gasteiger partial charge in [0.2, 0.25) is 0 Å². The minimum Gasteiger partial charge on any atom is -0.456 e. The molecule has 0 heterocycles. The van der Waals surface area contributed by atoms with Gasteiger partial charge in [0.15, 0.2) is 6.61 Å². The first kappa shape index (κ1) is 20.9. The Morgan fingerprint density at radius 1 is 0.893 bits per heavy atom. The van der Waals surface area contributed by atoms with Crippen LogP contribution in [0.5, 0.6) is 0 Å². The molecule has 0 bridgehead atoms. The molecule has 0 atom stereocenters. The minimum absolute atomic E-state index is 0.228. The van der Waals surface area contributed by atoms with Crippen LogP contribution >= 0.6 is 0 Å². The molecule has 2 N–H and O–H groups in total. The molecule has 0 aromatic heterocycles. The Kier molecular flexibility index (Phi) is 7.08. The van der Waals surface area contributed by atoms with E-state index < -0.39 is 58.9 Å². The second kappa shape index (κ2) is 9.49. The van der Waals surface area contributed by atoms with Crippen LogP contribution in [0.25, 0.3) is 0 Å². The van der Waals surface area contributed by atoms with E-state index in [9.17, 15) is 31.9 Å². The lowest BCUT2D eigenvalue weighted by Gasteiger charge is -2.08. The molecule has 0 unspecified atom stereocenters. The van der Waals surface area contributed by atoms with Crippen molar-refractivity contribution < 1.29 is 36.7 Å². The maximum absolute atomic E-state index is 13.4. The zero-order valence-corrected chi connectivity index (χ0v) is 14.2. The van der Waals surface area contributed by atoms with Gasteiger partial charge in [-0.2, -0.15) is 0 Å². The summed E-state index contributed by atoms with van der Waals surface area (Å²) in [5.41, 5.74) is -0.805. The molecule has 6 nitrogen and oxygen atoms in total. The zero-order chi connectivity index (χ0) is 20.7. The van der Waals surface area contributed by atoms with Gasteiger partial charge in [0, 0.05) is 18.7 Å². The van der Waals surface area contributed by atoms with Crippen LogP contribution in [-0.4, -0.2) is 30.9 Å². The topological polar surface area (TPSA) is 84.5 Å². The van der Waals surface area contributed by atoms with Crippen molar-refractivity contribution in [3.8, 4) is 0 Å². The van der Waals surface area contributed by atoms with Crippen molar-refractivity contribution in [3.63, 3.8) is 0 Å². The number of anilines is 1. The Balaban J connectivity index is 1.73. The number of carbonyl (C=O) groups is 3. The Morgan fingerprint density at radius 3 is 2.29 bits per heavy atom. The lowest BCUT2D eigenvalue weighted by atomic mass is 10.2. The normalized spacial score (nSPS) is 10.3. The maximum atomic E-state index is 13.4. The van der Waals surface area contributed by atoms with Gasteiger partial charge in [-0.05, 0) is 24.3 Å². The highest BCUT2D eigenvalue weighted by atomic mass is 19.1. The summed E-state index contributed by atoms with van der Waals surface area (Å²) >= 11 is 0. The minimum atomic E-state index is -1.05. The number of rotatable bonds is 7. The van der Waals surface area contributed by atoms with E-state index >= 15 is 0 Å². The third kappa shape index (κ3) is 6.08. The van der Waals surface area contributed by atoms with Crippen LogP contribution in [0.2, 0.25) is 0 Å². The van der Waals surface area contributed by atoms with E-state index in [-0.39, 0.29) is 13.0 Å². The van der Waals surface area contributed by atoms with E-state index in [1.165, 1.54) is 0 Å². The highest BCUT2D eigenvalue weighted by Crippen LogP contribution is 2.15. The van der Waals surface area contributed by atoms with Crippen LogP contribution in [0.3, 0.4) is 0 Å². The predicted molar refractivity (Wildman–Crippen MR) is 89.3 cm³/mol. The van der Waals surface area contributed by atoms with Gasteiger partial charge < -0.3 is 15.4 Å². The fourth-order valence-corrected chi connectivity index (χ4v) is 2.04. The van der Waals surface area contributed by atoms with Crippen LogP contribution in [0.4, 0.5) is 23.2 Å². The number of benzene rings is 2. The molecule has 2 aromatic carbocycles. The molecule has 148 valence electrons. The summed E-state index contributed by atoms with van der Waals surface area (Å²) in [7, 11) is 0. The fourth-order valence-electron chi connectivity index (χ4n) is 2.04. The van der Waals surface area contributed by atoms with E-state index in [0.717, 1.165) is 30.3 Å². The van der Waals surface area contributed by atoms with Gasteiger partial charge in [0.25, 0.3) is 11.8 Å². The molecule has 2 amide bonds. The molecule has 0 saturated carbocycles. The lowest BCUT2D eigenvalue weighted by Crippen LogP contribution is -2.28. The number of ether oxygens (including phenoxy) is 1. The number of hydrogen-bond acceptors (Lipinski definition) is 4.